The van der Waals surface area contributed by atoms with Crippen LogP contribution in [0.25, 0.3) is 11.3 Å². The Morgan fingerprint density at radius 2 is 1.67 bits per heavy atom. The number of carbonyl (C=O) groups excluding carboxylic acids is 2. The van der Waals surface area contributed by atoms with Gasteiger partial charge in [0.25, 0.3) is 17.5 Å². The van der Waals surface area contributed by atoms with E-state index in [2.05, 4.69) is 25.7 Å². The molecular formula is C21H13N7O4S. The molecule has 2 aromatic heterocycles. The summed E-state index contributed by atoms with van der Waals surface area (Å²) in [7, 11) is 0. The van der Waals surface area contributed by atoms with E-state index in [9.17, 15) is 19.7 Å². The highest BCUT2D eigenvalue weighted by atomic mass is 32.1. The maximum Gasteiger partial charge on any atom is 0.270 e. The van der Waals surface area contributed by atoms with Crippen molar-refractivity contribution in [3.05, 3.63) is 86.9 Å². The normalized spacial score (nSPS) is 12.7. The Kier molecular flexibility index (Phi) is 5.03. The molecule has 0 fully saturated rings. The monoisotopic (exact) mass is 459 g/mol. The van der Waals surface area contributed by atoms with Crippen LogP contribution in [-0.4, -0.2) is 42.0 Å². The molecule has 12 heteroatoms. The molecule has 33 heavy (non-hydrogen) atoms. The molecule has 0 saturated carbocycles. The first-order valence-corrected chi connectivity index (χ1v) is 10.4. The number of nitro groups is 1. The Labute approximate surface area is 189 Å². The summed E-state index contributed by atoms with van der Waals surface area (Å²) < 4.78 is 0. The predicted octanol–water partition coefficient (Wildman–Crippen LogP) is 3.44. The lowest BCUT2D eigenvalue weighted by molar-refractivity contribution is -0.384. The first-order valence-electron chi connectivity index (χ1n) is 9.63. The molecule has 2 aromatic carbocycles. The van der Waals surface area contributed by atoms with Gasteiger partial charge in [0.05, 0.1) is 28.3 Å². The molecule has 11 nitrogen and oxygen atoms in total. The zero-order chi connectivity index (χ0) is 22.9. The second-order valence-electron chi connectivity index (χ2n) is 6.98. The van der Waals surface area contributed by atoms with Gasteiger partial charge in [-0.05, 0) is 24.3 Å². The van der Waals surface area contributed by atoms with Crippen LogP contribution < -0.4 is 5.32 Å². The molecule has 162 valence electrons. The van der Waals surface area contributed by atoms with Crippen molar-refractivity contribution in [3.8, 4) is 11.3 Å². The Balaban J connectivity index is 1.27. The number of nitro benzene ring substituents is 1. The zero-order valence-corrected chi connectivity index (χ0v) is 17.5. The number of fused-ring (bicyclic) bond motifs is 1. The molecule has 0 unspecified atom stereocenters. The van der Waals surface area contributed by atoms with Gasteiger partial charge in [0.2, 0.25) is 5.13 Å². The SMILES string of the molecule is O=C1c2ccccc2C(=O)N1Cc1nnc(Nc2ccc(-c3cccc([N+](=O)[O-])c3)nn2)s1. The van der Waals surface area contributed by atoms with E-state index in [-0.39, 0.29) is 24.0 Å². The van der Waals surface area contributed by atoms with Crippen molar-refractivity contribution in [3.63, 3.8) is 0 Å². The fourth-order valence-corrected chi connectivity index (χ4v) is 4.06. The lowest BCUT2D eigenvalue weighted by Gasteiger charge is -2.10. The third-order valence-corrected chi connectivity index (χ3v) is 5.71. The number of benzene rings is 2. The van der Waals surface area contributed by atoms with E-state index < -0.39 is 4.92 Å². The summed E-state index contributed by atoms with van der Waals surface area (Å²) in [6.07, 6.45) is 0. The largest absolute Gasteiger partial charge is 0.313 e. The highest BCUT2D eigenvalue weighted by molar-refractivity contribution is 7.15. The van der Waals surface area contributed by atoms with Crippen LogP contribution in [0.5, 0.6) is 0 Å². The molecule has 0 bridgehead atoms. The van der Waals surface area contributed by atoms with Gasteiger partial charge in [0.1, 0.15) is 5.01 Å². The molecule has 2 amide bonds. The van der Waals surface area contributed by atoms with E-state index in [1.807, 2.05) is 0 Å². The Morgan fingerprint density at radius 3 is 2.33 bits per heavy atom. The minimum atomic E-state index is -0.470. The lowest BCUT2D eigenvalue weighted by atomic mass is 10.1. The minimum Gasteiger partial charge on any atom is -0.313 e. The summed E-state index contributed by atoms with van der Waals surface area (Å²) in [4.78, 5) is 36.6. The number of amides is 2. The number of non-ortho nitro benzene ring substituents is 1. The first kappa shape index (κ1) is 20.3. The molecular weight excluding hydrogens is 446 g/mol. The number of nitrogens with one attached hydrogen (secondary N) is 1. The molecule has 1 N–H and O–H groups in total. The average molecular weight is 459 g/mol. The lowest BCUT2D eigenvalue weighted by Crippen LogP contribution is -2.29. The van der Waals surface area contributed by atoms with Crippen LogP contribution in [-0.2, 0) is 6.54 Å². The van der Waals surface area contributed by atoms with Crippen LogP contribution in [0.4, 0.5) is 16.6 Å². The quantitative estimate of drug-likeness (QED) is 0.260. The number of hydrogen-bond acceptors (Lipinski definition) is 10. The van der Waals surface area contributed by atoms with E-state index in [0.29, 0.717) is 38.3 Å². The average Bonchev–Trinajstić information content (AvgIpc) is 3.38. The molecule has 0 saturated heterocycles. The van der Waals surface area contributed by atoms with Gasteiger partial charge in [-0.1, -0.05) is 35.6 Å². The van der Waals surface area contributed by atoms with Gasteiger partial charge in [0.15, 0.2) is 5.82 Å². The summed E-state index contributed by atoms with van der Waals surface area (Å²) in [6, 6.07) is 16.1. The number of carbonyl (C=O) groups is 2. The fourth-order valence-electron chi connectivity index (χ4n) is 3.33. The van der Waals surface area contributed by atoms with Crippen molar-refractivity contribution >= 4 is 39.8 Å². The zero-order valence-electron chi connectivity index (χ0n) is 16.7. The number of imide groups is 1. The summed E-state index contributed by atoms with van der Waals surface area (Å²) in [5.74, 6) is -0.321. The number of aromatic nitrogens is 4. The second-order valence-corrected chi connectivity index (χ2v) is 8.04. The smallest absolute Gasteiger partial charge is 0.270 e. The van der Waals surface area contributed by atoms with Crippen LogP contribution >= 0.6 is 11.3 Å². The van der Waals surface area contributed by atoms with Crippen LogP contribution in [0.1, 0.15) is 25.7 Å². The maximum absolute atomic E-state index is 12.5. The third-order valence-electron chi connectivity index (χ3n) is 4.89. The summed E-state index contributed by atoms with van der Waals surface area (Å²) >= 11 is 1.18. The van der Waals surface area contributed by atoms with Gasteiger partial charge in [-0.2, -0.15) is 0 Å². The molecule has 0 spiro atoms. The molecule has 4 aromatic rings. The van der Waals surface area contributed by atoms with Crippen LogP contribution in [0.3, 0.4) is 0 Å². The molecule has 1 aliphatic heterocycles. The van der Waals surface area contributed by atoms with Gasteiger partial charge < -0.3 is 5.32 Å². The molecule has 0 aliphatic carbocycles. The van der Waals surface area contributed by atoms with Crippen molar-refractivity contribution in [2.45, 2.75) is 6.54 Å². The Hall–Kier alpha value is -4.58. The summed E-state index contributed by atoms with van der Waals surface area (Å²) in [5, 5.41) is 31.1. The topological polar surface area (TPSA) is 144 Å². The van der Waals surface area contributed by atoms with Gasteiger partial charge >= 0.3 is 0 Å². The Morgan fingerprint density at radius 1 is 0.909 bits per heavy atom. The van der Waals surface area contributed by atoms with Crippen LogP contribution in [0, 0.1) is 10.1 Å². The van der Waals surface area contributed by atoms with Crippen molar-refractivity contribution in [2.75, 3.05) is 5.32 Å². The van der Waals surface area contributed by atoms with Gasteiger partial charge in [-0.15, -0.1) is 20.4 Å². The molecule has 0 radical (unpaired) electrons. The second kappa shape index (κ2) is 8.16. The summed E-state index contributed by atoms with van der Waals surface area (Å²) in [6.45, 7) is 0.0170. The van der Waals surface area contributed by atoms with Crippen molar-refractivity contribution in [1.82, 2.24) is 25.3 Å². The van der Waals surface area contributed by atoms with Gasteiger partial charge in [0, 0.05) is 17.7 Å². The van der Waals surface area contributed by atoms with Crippen molar-refractivity contribution in [2.24, 2.45) is 0 Å². The number of anilines is 2. The summed E-state index contributed by atoms with van der Waals surface area (Å²) in [5.41, 5.74) is 1.78. The fraction of sp³-hybridized carbons (Fsp3) is 0.0476. The minimum absolute atomic E-state index is 0.0170. The Bertz CT molecular complexity index is 1370. The van der Waals surface area contributed by atoms with E-state index in [4.69, 9.17) is 0 Å². The maximum atomic E-state index is 12.5. The molecule has 1 aliphatic rings. The van der Waals surface area contributed by atoms with E-state index >= 15 is 0 Å². The van der Waals surface area contributed by atoms with E-state index in [0.717, 1.165) is 4.90 Å². The number of hydrogen-bond donors (Lipinski definition) is 1. The predicted molar refractivity (Wildman–Crippen MR) is 118 cm³/mol. The number of nitrogens with zero attached hydrogens (tertiary/aromatic N) is 6. The molecule has 3 heterocycles. The van der Waals surface area contributed by atoms with E-state index in [1.54, 1.807) is 48.5 Å². The van der Waals surface area contributed by atoms with Crippen molar-refractivity contribution in [1.29, 1.82) is 0 Å². The first-order chi connectivity index (χ1) is 16.0. The van der Waals surface area contributed by atoms with Crippen LogP contribution in [0.2, 0.25) is 0 Å². The highest BCUT2D eigenvalue weighted by Gasteiger charge is 2.35. The van der Waals surface area contributed by atoms with Gasteiger partial charge in [-0.3, -0.25) is 24.6 Å². The van der Waals surface area contributed by atoms with E-state index in [1.165, 1.54) is 23.5 Å². The van der Waals surface area contributed by atoms with Gasteiger partial charge in [-0.25, -0.2) is 0 Å². The highest BCUT2D eigenvalue weighted by Crippen LogP contribution is 2.27. The van der Waals surface area contributed by atoms with Crippen molar-refractivity contribution < 1.29 is 14.5 Å². The molecule has 5 rings (SSSR count). The molecule has 0 atom stereocenters. The standard InChI is InChI=1S/C21H13N7O4S/c29-19-14-6-1-2-7-15(14)20(30)27(19)11-18-25-26-21(33-18)22-17-9-8-16(23-24-17)12-4-3-5-13(10-12)28(31)32/h1-10H,11H2,(H,22,24,26). The van der Waals surface area contributed by atoms with Crippen LogP contribution in [0.15, 0.2) is 60.7 Å². The number of rotatable bonds is 6. The third kappa shape index (κ3) is 3.90.